The summed E-state index contributed by atoms with van der Waals surface area (Å²) in [4.78, 5) is 13.1. The number of carbonyl (C=O) groups is 1. The number of nitrogens with zero attached hydrogens (tertiary/aromatic N) is 1. The largest absolute Gasteiger partial charge is 0.334 e. The van der Waals surface area contributed by atoms with Crippen LogP contribution in [-0.4, -0.2) is 24.4 Å². The Morgan fingerprint density at radius 2 is 2.07 bits per heavy atom. The number of terminal acetylenes is 1. The van der Waals surface area contributed by atoms with Gasteiger partial charge in [-0.25, -0.2) is 0 Å². The van der Waals surface area contributed by atoms with Crippen LogP contribution in [0.2, 0.25) is 5.02 Å². The zero-order chi connectivity index (χ0) is 11.3. The molecule has 0 N–H and O–H groups in total. The zero-order valence-corrected chi connectivity index (χ0v) is 9.29. The molecule has 0 aliphatic heterocycles. The molecule has 1 aromatic carbocycles. The number of benzene rings is 1. The highest BCUT2D eigenvalue weighted by Crippen LogP contribution is 2.10. The molecule has 1 aromatic rings. The minimum Gasteiger partial charge on any atom is -0.334 e. The van der Waals surface area contributed by atoms with Crippen LogP contribution in [0.3, 0.4) is 0 Å². The molecule has 15 heavy (non-hydrogen) atoms. The molecule has 0 spiro atoms. The van der Waals surface area contributed by atoms with Gasteiger partial charge < -0.3 is 4.90 Å². The minimum atomic E-state index is 0.00951. The molecule has 1 rings (SSSR count). The lowest BCUT2D eigenvalue weighted by Gasteiger charge is -2.13. The summed E-state index contributed by atoms with van der Waals surface area (Å²) in [6.07, 6.45) is 5.48. The summed E-state index contributed by atoms with van der Waals surface area (Å²) in [5.41, 5.74) is 0.938. The van der Waals surface area contributed by atoms with Crippen molar-refractivity contribution in [3.8, 4) is 12.3 Å². The van der Waals surface area contributed by atoms with Crippen LogP contribution in [-0.2, 0) is 11.2 Å². The number of hydrogen-bond acceptors (Lipinski definition) is 1. The molecular weight excluding hydrogens is 210 g/mol. The first-order valence-corrected chi connectivity index (χ1v) is 4.93. The maximum absolute atomic E-state index is 11.6. The van der Waals surface area contributed by atoms with Crippen LogP contribution >= 0.6 is 11.6 Å². The predicted molar refractivity (Wildman–Crippen MR) is 61.6 cm³/mol. The summed E-state index contributed by atoms with van der Waals surface area (Å²) in [5, 5.41) is 0.670. The van der Waals surface area contributed by atoms with E-state index in [4.69, 9.17) is 18.0 Å². The molecule has 0 aromatic heterocycles. The standard InChI is InChI=1S/C12H12ClNO/c1-3-8-14(2)12(15)9-10-4-6-11(13)7-5-10/h1,4-7H,8-9H2,2H3. The van der Waals surface area contributed by atoms with Crippen LogP contribution in [0, 0.1) is 12.3 Å². The maximum atomic E-state index is 11.6. The van der Waals surface area contributed by atoms with Crippen molar-refractivity contribution >= 4 is 17.5 Å². The van der Waals surface area contributed by atoms with Crippen molar-refractivity contribution in [2.45, 2.75) is 6.42 Å². The first-order chi connectivity index (χ1) is 7.13. The Morgan fingerprint density at radius 1 is 1.47 bits per heavy atom. The zero-order valence-electron chi connectivity index (χ0n) is 8.53. The highest BCUT2D eigenvalue weighted by atomic mass is 35.5. The average molecular weight is 222 g/mol. The molecular formula is C12H12ClNO. The van der Waals surface area contributed by atoms with Gasteiger partial charge in [-0.1, -0.05) is 29.7 Å². The van der Waals surface area contributed by atoms with Gasteiger partial charge in [-0.3, -0.25) is 4.79 Å². The quantitative estimate of drug-likeness (QED) is 0.715. The van der Waals surface area contributed by atoms with E-state index in [1.165, 1.54) is 4.90 Å². The molecule has 0 radical (unpaired) electrons. The molecule has 1 amide bonds. The van der Waals surface area contributed by atoms with Gasteiger partial charge in [0.25, 0.3) is 0 Å². The number of hydrogen-bond donors (Lipinski definition) is 0. The number of likely N-dealkylation sites (N-methyl/N-ethyl adjacent to an activating group) is 1. The summed E-state index contributed by atoms with van der Waals surface area (Å²) >= 11 is 5.74. The summed E-state index contributed by atoms with van der Waals surface area (Å²) in [6, 6.07) is 7.21. The molecule has 0 saturated heterocycles. The van der Waals surface area contributed by atoms with Crippen molar-refractivity contribution in [1.82, 2.24) is 4.90 Å². The predicted octanol–water partition coefficient (Wildman–Crippen LogP) is 1.97. The molecule has 0 atom stereocenters. The smallest absolute Gasteiger partial charge is 0.227 e. The molecule has 0 saturated carbocycles. The molecule has 0 unspecified atom stereocenters. The number of carbonyl (C=O) groups excluding carboxylic acids is 1. The molecule has 3 heteroatoms. The van der Waals surface area contributed by atoms with Crippen LogP contribution < -0.4 is 0 Å². The van der Waals surface area contributed by atoms with Gasteiger partial charge in [0.05, 0.1) is 13.0 Å². The second-order valence-corrected chi connectivity index (χ2v) is 3.69. The van der Waals surface area contributed by atoms with Crippen LogP contribution in [0.25, 0.3) is 0 Å². The van der Waals surface area contributed by atoms with Gasteiger partial charge in [0.15, 0.2) is 0 Å². The highest BCUT2D eigenvalue weighted by molar-refractivity contribution is 6.30. The van der Waals surface area contributed by atoms with Crippen molar-refractivity contribution in [2.24, 2.45) is 0 Å². The first-order valence-electron chi connectivity index (χ1n) is 4.55. The Labute approximate surface area is 94.8 Å². The molecule has 0 aliphatic rings. The van der Waals surface area contributed by atoms with Crippen molar-refractivity contribution in [3.05, 3.63) is 34.9 Å². The van der Waals surface area contributed by atoms with Gasteiger partial charge in [0.1, 0.15) is 0 Å². The lowest BCUT2D eigenvalue weighted by molar-refractivity contribution is -0.128. The highest BCUT2D eigenvalue weighted by Gasteiger charge is 2.07. The SMILES string of the molecule is C#CCN(C)C(=O)Cc1ccc(Cl)cc1. The Bertz CT molecular complexity index is 378. The van der Waals surface area contributed by atoms with E-state index in [9.17, 15) is 4.79 Å². The second kappa shape index (κ2) is 5.43. The van der Waals surface area contributed by atoms with Crippen molar-refractivity contribution in [1.29, 1.82) is 0 Å². The lowest BCUT2D eigenvalue weighted by Crippen LogP contribution is -2.28. The summed E-state index contributed by atoms with van der Waals surface area (Å²) in [7, 11) is 1.69. The van der Waals surface area contributed by atoms with Crippen molar-refractivity contribution in [3.63, 3.8) is 0 Å². The van der Waals surface area contributed by atoms with Gasteiger partial charge in [-0.15, -0.1) is 6.42 Å². The van der Waals surface area contributed by atoms with E-state index in [0.29, 0.717) is 18.0 Å². The Balaban J connectivity index is 2.59. The molecule has 2 nitrogen and oxygen atoms in total. The van der Waals surface area contributed by atoms with Gasteiger partial charge in [0.2, 0.25) is 5.91 Å². The van der Waals surface area contributed by atoms with E-state index in [2.05, 4.69) is 5.92 Å². The molecule has 0 aliphatic carbocycles. The van der Waals surface area contributed by atoms with E-state index >= 15 is 0 Å². The van der Waals surface area contributed by atoms with Gasteiger partial charge in [-0.2, -0.15) is 0 Å². The second-order valence-electron chi connectivity index (χ2n) is 3.26. The van der Waals surface area contributed by atoms with E-state index in [1.54, 1.807) is 19.2 Å². The summed E-state index contributed by atoms with van der Waals surface area (Å²) < 4.78 is 0. The fraction of sp³-hybridized carbons (Fsp3) is 0.250. The van der Waals surface area contributed by atoms with E-state index in [1.807, 2.05) is 12.1 Å². The monoisotopic (exact) mass is 221 g/mol. The average Bonchev–Trinajstić information content (AvgIpc) is 2.22. The van der Waals surface area contributed by atoms with E-state index in [0.717, 1.165) is 5.56 Å². The number of amides is 1. The number of halogens is 1. The molecule has 0 bridgehead atoms. The van der Waals surface area contributed by atoms with Crippen LogP contribution in [0.4, 0.5) is 0 Å². The van der Waals surface area contributed by atoms with Gasteiger partial charge in [0, 0.05) is 12.1 Å². The van der Waals surface area contributed by atoms with Crippen molar-refractivity contribution < 1.29 is 4.79 Å². The minimum absolute atomic E-state index is 0.00951. The Hall–Kier alpha value is -1.46. The van der Waals surface area contributed by atoms with Crippen molar-refractivity contribution in [2.75, 3.05) is 13.6 Å². The molecule has 0 fully saturated rings. The fourth-order valence-corrected chi connectivity index (χ4v) is 1.26. The Morgan fingerprint density at radius 3 is 2.60 bits per heavy atom. The number of rotatable bonds is 3. The normalized spacial score (nSPS) is 9.40. The molecule has 0 heterocycles. The van der Waals surface area contributed by atoms with Gasteiger partial charge >= 0.3 is 0 Å². The fourth-order valence-electron chi connectivity index (χ4n) is 1.14. The third-order valence-corrected chi connectivity index (χ3v) is 2.27. The summed E-state index contributed by atoms with van der Waals surface area (Å²) in [5.74, 6) is 2.44. The molecule has 78 valence electrons. The maximum Gasteiger partial charge on any atom is 0.227 e. The third kappa shape index (κ3) is 3.65. The topological polar surface area (TPSA) is 20.3 Å². The van der Waals surface area contributed by atoms with Crippen LogP contribution in [0.15, 0.2) is 24.3 Å². The van der Waals surface area contributed by atoms with Crippen LogP contribution in [0.1, 0.15) is 5.56 Å². The van der Waals surface area contributed by atoms with E-state index < -0.39 is 0 Å². The third-order valence-electron chi connectivity index (χ3n) is 2.02. The Kier molecular flexibility index (Phi) is 4.20. The lowest BCUT2D eigenvalue weighted by atomic mass is 10.1. The van der Waals surface area contributed by atoms with Gasteiger partial charge in [-0.05, 0) is 17.7 Å². The van der Waals surface area contributed by atoms with E-state index in [-0.39, 0.29) is 5.91 Å². The van der Waals surface area contributed by atoms with Crippen LogP contribution in [0.5, 0.6) is 0 Å². The summed E-state index contributed by atoms with van der Waals surface area (Å²) in [6.45, 7) is 0.340. The first kappa shape index (κ1) is 11.6.